The fourth-order valence-electron chi connectivity index (χ4n) is 1.78. The molecular weight excluding hydrogens is 182 g/mol. The molecule has 1 aromatic heterocycles. The highest BCUT2D eigenvalue weighted by Crippen LogP contribution is 2.21. The average molecular weight is 197 g/mol. The molecule has 1 unspecified atom stereocenters. The molecular formula is C9H15N3O2. The van der Waals surface area contributed by atoms with Crippen LogP contribution in [0.15, 0.2) is 4.63 Å². The van der Waals surface area contributed by atoms with Gasteiger partial charge in [0.05, 0.1) is 5.60 Å². The Morgan fingerprint density at radius 2 is 2.36 bits per heavy atom. The van der Waals surface area contributed by atoms with Gasteiger partial charge in [0.1, 0.15) is 11.4 Å². The van der Waals surface area contributed by atoms with Crippen LogP contribution in [0.25, 0.3) is 0 Å². The van der Waals surface area contributed by atoms with Crippen molar-refractivity contribution in [2.75, 3.05) is 13.1 Å². The number of hydrogen-bond donors (Lipinski definition) is 1. The van der Waals surface area contributed by atoms with Crippen LogP contribution in [-0.2, 0) is 6.54 Å². The molecule has 5 nitrogen and oxygen atoms in total. The molecule has 5 heteroatoms. The van der Waals surface area contributed by atoms with Crippen molar-refractivity contribution in [3.8, 4) is 0 Å². The molecule has 1 fully saturated rings. The molecule has 0 spiro atoms. The Hall–Kier alpha value is -0.940. The lowest BCUT2D eigenvalue weighted by Gasteiger charge is -2.17. The molecule has 0 aromatic carbocycles. The molecule has 0 bridgehead atoms. The van der Waals surface area contributed by atoms with E-state index in [-0.39, 0.29) is 0 Å². The Labute approximate surface area is 82.7 Å². The van der Waals surface area contributed by atoms with Crippen LogP contribution >= 0.6 is 0 Å². The van der Waals surface area contributed by atoms with Crippen molar-refractivity contribution in [1.29, 1.82) is 0 Å². The van der Waals surface area contributed by atoms with Crippen LogP contribution in [0.4, 0.5) is 0 Å². The number of aryl methyl sites for hydroxylation is 1. The first-order valence-corrected chi connectivity index (χ1v) is 4.80. The molecule has 1 aliphatic rings. The molecule has 1 saturated heterocycles. The highest BCUT2D eigenvalue weighted by atomic mass is 16.6. The topological polar surface area (TPSA) is 62.4 Å². The molecule has 2 rings (SSSR count). The third-order valence-electron chi connectivity index (χ3n) is 2.65. The Morgan fingerprint density at radius 1 is 1.57 bits per heavy atom. The first-order valence-electron chi connectivity index (χ1n) is 4.80. The number of nitrogens with zero attached hydrogens (tertiary/aromatic N) is 3. The first kappa shape index (κ1) is 9.61. The lowest BCUT2D eigenvalue weighted by atomic mass is 10.1. The van der Waals surface area contributed by atoms with Gasteiger partial charge in [-0.05, 0) is 20.3 Å². The van der Waals surface area contributed by atoms with Gasteiger partial charge in [-0.3, -0.25) is 4.90 Å². The Balaban J connectivity index is 1.97. The summed E-state index contributed by atoms with van der Waals surface area (Å²) >= 11 is 0. The van der Waals surface area contributed by atoms with E-state index in [4.69, 9.17) is 0 Å². The summed E-state index contributed by atoms with van der Waals surface area (Å²) in [5.74, 6) is 0. The van der Waals surface area contributed by atoms with E-state index in [1.165, 1.54) is 0 Å². The quantitative estimate of drug-likeness (QED) is 0.740. The molecule has 0 radical (unpaired) electrons. The van der Waals surface area contributed by atoms with E-state index in [1.807, 2.05) is 13.8 Å². The van der Waals surface area contributed by atoms with E-state index >= 15 is 0 Å². The van der Waals surface area contributed by atoms with Gasteiger partial charge in [-0.2, -0.15) is 0 Å². The second-order valence-electron chi connectivity index (χ2n) is 4.25. The number of hydrogen-bond acceptors (Lipinski definition) is 5. The molecule has 2 heterocycles. The fourth-order valence-corrected chi connectivity index (χ4v) is 1.78. The summed E-state index contributed by atoms with van der Waals surface area (Å²) in [5, 5.41) is 17.3. The van der Waals surface area contributed by atoms with Crippen molar-refractivity contribution in [3.05, 3.63) is 11.4 Å². The molecule has 1 N–H and O–H groups in total. The monoisotopic (exact) mass is 197 g/mol. The second kappa shape index (κ2) is 3.33. The van der Waals surface area contributed by atoms with E-state index in [9.17, 15) is 5.11 Å². The highest BCUT2D eigenvalue weighted by molar-refractivity contribution is 5.05. The van der Waals surface area contributed by atoms with E-state index in [0.29, 0.717) is 13.1 Å². The molecule has 1 atom stereocenters. The maximum absolute atomic E-state index is 9.76. The minimum Gasteiger partial charge on any atom is -0.389 e. The van der Waals surface area contributed by atoms with Crippen molar-refractivity contribution < 1.29 is 9.74 Å². The van der Waals surface area contributed by atoms with Crippen molar-refractivity contribution in [2.24, 2.45) is 0 Å². The normalized spacial score (nSPS) is 28.5. The van der Waals surface area contributed by atoms with Crippen LogP contribution in [0.5, 0.6) is 0 Å². The fraction of sp³-hybridized carbons (Fsp3) is 0.778. The van der Waals surface area contributed by atoms with E-state index in [1.54, 1.807) is 0 Å². The maximum atomic E-state index is 9.76. The highest BCUT2D eigenvalue weighted by Gasteiger charge is 2.31. The predicted molar refractivity (Wildman–Crippen MR) is 49.6 cm³/mol. The van der Waals surface area contributed by atoms with Crippen LogP contribution < -0.4 is 0 Å². The Kier molecular flexibility index (Phi) is 2.28. The van der Waals surface area contributed by atoms with Crippen LogP contribution in [0.3, 0.4) is 0 Å². The minimum absolute atomic E-state index is 0.551. The van der Waals surface area contributed by atoms with Crippen molar-refractivity contribution >= 4 is 0 Å². The minimum atomic E-state index is -0.551. The van der Waals surface area contributed by atoms with Gasteiger partial charge in [0, 0.05) is 19.6 Å². The van der Waals surface area contributed by atoms with Gasteiger partial charge < -0.3 is 5.11 Å². The van der Waals surface area contributed by atoms with Gasteiger partial charge >= 0.3 is 0 Å². The van der Waals surface area contributed by atoms with E-state index in [0.717, 1.165) is 24.4 Å². The number of rotatable bonds is 2. The summed E-state index contributed by atoms with van der Waals surface area (Å²) in [6.07, 6.45) is 0.817. The number of aliphatic hydroxyl groups is 1. The second-order valence-corrected chi connectivity index (χ2v) is 4.25. The summed E-state index contributed by atoms with van der Waals surface area (Å²) < 4.78 is 4.62. The number of likely N-dealkylation sites (tertiary alicyclic amines) is 1. The number of β-amino-alcohol motifs (C(OH)–C–C–N with tert-alkyl or cyclic N) is 1. The molecule has 78 valence electrons. The molecule has 0 amide bonds. The third kappa shape index (κ3) is 1.93. The van der Waals surface area contributed by atoms with Crippen LogP contribution in [-0.4, -0.2) is 39.0 Å². The summed E-state index contributed by atoms with van der Waals surface area (Å²) in [7, 11) is 0. The van der Waals surface area contributed by atoms with Gasteiger partial charge in [-0.25, -0.2) is 4.63 Å². The SMILES string of the molecule is Cc1nonc1CN1CCC(C)(O)C1. The van der Waals surface area contributed by atoms with Gasteiger partial charge in [0.2, 0.25) is 0 Å². The largest absolute Gasteiger partial charge is 0.389 e. The van der Waals surface area contributed by atoms with Gasteiger partial charge in [-0.15, -0.1) is 0 Å². The zero-order valence-corrected chi connectivity index (χ0v) is 8.53. The Morgan fingerprint density at radius 3 is 2.86 bits per heavy atom. The smallest absolute Gasteiger partial charge is 0.122 e. The van der Waals surface area contributed by atoms with Crippen molar-refractivity contribution in [1.82, 2.24) is 15.2 Å². The summed E-state index contributed by atoms with van der Waals surface area (Å²) in [4.78, 5) is 2.16. The lowest BCUT2D eigenvalue weighted by Crippen LogP contribution is -2.29. The lowest BCUT2D eigenvalue weighted by molar-refractivity contribution is 0.0675. The summed E-state index contributed by atoms with van der Waals surface area (Å²) in [6, 6.07) is 0. The first-order chi connectivity index (χ1) is 6.57. The summed E-state index contributed by atoms with van der Waals surface area (Å²) in [6.45, 7) is 6.05. The van der Waals surface area contributed by atoms with Crippen LogP contribution in [0.2, 0.25) is 0 Å². The van der Waals surface area contributed by atoms with E-state index in [2.05, 4.69) is 19.8 Å². The van der Waals surface area contributed by atoms with Gasteiger partial charge in [0.25, 0.3) is 0 Å². The van der Waals surface area contributed by atoms with Crippen LogP contribution in [0, 0.1) is 6.92 Å². The van der Waals surface area contributed by atoms with Gasteiger partial charge in [-0.1, -0.05) is 10.3 Å². The standard InChI is InChI=1S/C9H15N3O2/c1-7-8(11-14-10-7)5-12-4-3-9(2,13)6-12/h13H,3-6H2,1-2H3. The Bertz CT molecular complexity index is 322. The number of aromatic nitrogens is 2. The molecule has 0 saturated carbocycles. The summed E-state index contributed by atoms with van der Waals surface area (Å²) in [5.41, 5.74) is 1.14. The molecule has 1 aromatic rings. The zero-order valence-electron chi connectivity index (χ0n) is 8.53. The van der Waals surface area contributed by atoms with Crippen molar-refractivity contribution in [3.63, 3.8) is 0 Å². The predicted octanol–water partition coefficient (Wildman–Crippen LogP) is 0.335. The van der Waals surface area contributed by atoms with Crippen molar-refractivity contribution in [2.45, 2.75) is 32.4 Å². The third-order valence-corrected chi connectivity index (χ3v) is 2.65. The molecule has 1 aliphatic heterocycles. The molecule has 0 aliphatic carbocycles. The maximum Gasteiger partial charge on any atom is 0.122 e. The van der Waals surface area contributed by atoms with Gasteiger partial charge in [0.15, 0.2) is 0 Å². The van der Waals surface area contributed by atoms with Crippen LogP contribution in [0.1, 0.15) is 24.7 Å². The molecule has 14 heavy (non-hydrogen) atoms. The average Bonchev–Trinajstić information content (AvgIpc) is 2.61. The van der Waals surface area contributed by atoms with E-state index < -0.39 is 5.60 Å². The zero-order chi connectivity index (χ0) is 10.2.